The number of carbonyl (C=O) groups excluding carboxylic acids is 2. The lowest BCUT2D eigenvalue weighted by molar-refractivity contribution is -0.122. The molecule has 0 aromatic carbocycles. The summed E-state index contributed by atoms with van der Waals surface area (Å²) in [5.41, 5.74) is 3.88. The van der Waals surface area contributed by atoms with Gasteiger partial charge >= 0.3 is 0 Å². The molecule has 3 rings (SSSR count). The molecule has 0 bridgehead atoms. The highest BCUT2D eigenvalue weighted by Crippen LogP contribution is 2.31. The summed E-state index contributed by atoms with van der Waals surface area (Å²) < 4.78 is 7.42. The van der Waals surface area contributed by atoms with Gasteiger partial charge in [0.15, 0.2) is 5.65 Å². The Morgan fingerprint density at radius 3 is 2.80 bits per heavy atom. The quantitative estimate of drug-likeness (QED) is 0.579. The fourth-order valence-electron chi connectivity index (χ4n) is 3.92. The lowest BCUT2D eigenvalue weighted by Crippen LogP contribution is -2.30. The molecule has 30 heavy (non-hydrogen) atoms. The summed E-state index contributed by atoms with van der Waals surface area (Å²) in [5, 5.41) is 12.3. The number of rotatable bonds is 10. The first-order chi connectivity index (χ1) is 14.6. The molecular formula is C22H33N5O3. The minimum atomic E-state index is -0.0484. The Morgan fingerprint density at radius 2 is 2.13 bits per heavy atom. The standard InChI is InChI=1S/C22H33N5O3/c1-4-19-17(13-23-20(29)12-15(3)6-9-28)21(25-16-7-10-30-11-8-16)18-14-24-27(5-2)22(18)26-19/h9,14-16H,4-8,10-13H2,1-3H3,(H,23,29)(H,25,26). The molecule has 0 saturated carbocycles. The molecule has 1 aliphatic rings. The van der Waals surface area contributed by atoms with Crippen LogP contribution in [0.5, 0.6) is 0 Å². The van der Waals surface area contributed by atoms with Gasteiger partial charge < -0.3 is 20.2 Å². The average molecular weight is 416 g/mol. The van der Waals surface area contributed by atoms with Crippen molar-refractivity contribution >= 4 is 28.9 Å². The maximum Gasteiger partial charge on any atom is 0.220 e. The van der Waals surface area contributed by atoms with Crippen LogP contribution in [0.25, 0.3) is 11.0 Å². The van der Waals surface area contributed by atoms with E-state index in [1.54, 1.807) is 0 Å². The van der Waals surface area contributed by atoms with E-state index in [1.165, 1.54) is 0 Å². The first-order valence-electron chi connectivity index (χ1n) is 11.0. The van der Waals surface area contributed by atoms with Crippen molar-refractivity contribution in [2.24, 2.45) is 5.92 Å². The van der Waals surface area contributed by atoms with Gasteiger partial charge in [0.25, 0.3) is 0 Å². The number of pyridine rings is 1. The van der Waals surface area contributed by atoms with E-state index in [0.717, 1.165) is 73.3 Å². The molecule has 1 saturated heterocycles. The van der Waals surface area contributed by atoms with E-state index in [4.69, 9.17) is 9.72 Å². The molecule has 0 aliphatic carbocycles. The van der Waals surface area contributed by atoms with E-state index in [-0.39, 0.29) is 11.8 Å². The monoisotopic (exact) mass is 415 g/mol. The van der Waals surface area contributed by atoms with Crippen molar-refractivity contribution in [1.82, 2.24) is 20.1 Å². The summed E-state index contributed by atoms with van der Waals surface area (Å²) in [5.74, 6) is -0.0101. The fourth-order valence-corrected chi connectivity index (χ4v) is 3.92. The van der Waals surface area contributed by atoms with Crippen molar-refractivity contribution in [1.29, 1.82) is 0 Å². The Kier molecular flexibility index (Phi) is 7.79. The third kappa shape index (κ3) is 5.16. The predicted octanol–water partition coefficient (Wildman–Crippen LogP) is 2.84. The number of anilines is 1. The molecule has 1 fully saturated rings. The minimum absolute atomic E-state index is 0.0383. The van der Waals surface area contributed by atoms with E-state index >= 15 is 0 Å². The lowest BCUT2D eigenvalue weighted by atomic mass is 10.0. The van der Waals surface area contributed by atoms with E-state index in [1.807, 2.05) is 17.8 Å². The van der Waals surface area contributed by atoms with Crippen molar-refractivity contribution in [3.63, 3.8) is 0 Å². The van der Waals surface area contributed by atoms with E-state index in [2.05, 4.69) is 29.6 Å². The van der Waals surface area contributed by atoms with Crippen molar-refractivity contribution in [2.45, 2.75) is 72.0 Å². The first kappa shape index (κ1) is 22.2. The van der Waals surface area contributed by atoms with Crippen LogP contribution in [0, 0.1) is 5.92 Å². The molecule has 164 valence electrons. The molecule has 2 N–H and O–H groups in total. The van der Waals surface area contributed by atoms with Crippen LogP contribution in [0.4, 0.5) is 5.69 Å². The van der Waals surface area contributed by atoms with Gasteiger partial charge in [-0.1, -0.05) is 13.8 Å². The number of nitrogens with zero attached hydrogens (tertiary/aromatic N) is 3. The number of aldehydes is 1. The molecular weight excluding hydrogens is 382 g/mol. The fraction of sp³-hybridized carbons (Fsp3) is 0.636. The second kappa shape index (κ2) is 10.5. The Hall–Kier alpha value is -2.48. The summed E-state index contributed by atoms with van der Waals surface area (Å²) in [6.45, 7) is 8.71. The third-order valence-corrected chi connectivity index (χ3v) is 5.67. The zero-order valence-electron chi connectivity index (χ0n) is 18.2. The average Bonchev–Trinajstić information content (AvgIpc) is 3.16. The zero-order chi connectivity index (χ0) is 21.5. The van der Waals surface area contributed by atoms with Crippen molar-refractivity contribution in [3.05, 3.63) is 17.5 Å². The molecule has 0 radical (unpaired) electrons. The molecule has 0 spiro atoms. The molecule has 1 aliphatic heterocycles. The maximum atomic E-state index is 12.4. The molecule has 1 unspecified atom stereocenters. The van der Waals surface area contributed by atoms with Crippen LogP contribution in [0.1, 0.15) is 57.7 Å². The lowest BCUT2D eigenvalue weighted by Gasteiger charge is -2.26. The summed E-state index contributed by atoms with van der Waals surface area (Å²) in [6, 6.07) is 0.320. The second-order valence-corrected chi connectivity index (χ2v) is 7.98. The third-order valence-electron chi connectivity index (χ3n) is 5.67. The van der Waals surface area contributed by atoms with E-state index < -0.39 is 0 Å². The van der Waals surface area contributed by atoms with Crippen LogP contribution in [0.2, 0.25) is 0 Å². The highest BCUT2D eigenvalue weighted by Gasteiger charge is 2.22. The topological polar surface area (TPSA) is 98.1 Å². The molecule has 1 atom stereocenters. The number of fused-ring (bicyclic) bond motifs is 1. The van der Waals surface area contributed by atoms with Gasteiger partial charge in [0, 0.05) is 56.4 Å². The summed E-state index contributed by atoms with van der Waals surface area (Å²) in [4.78, 5) is 28.0. The molecule has 1 amide bonds. The highest BCUT2D eigenvalue weighted by atomic mass is 16.5. The Morgan fingerprint density at radius 1 is 1.37 bits per heavy atom. The van der Waals surface area contributed by atoms with Gasteiger partial charge in [-0.05, 0) is 32.1 Å². The normalized spacial score (nSPS) is 15.8. The van der Waals surface area contributed by atoms with Crippen molar-refractivity contribution in [3.8, 4) is 0 Å². The van der Waals surface area contributed by atoms with Crippen LogP contribution in [-0.2, 0) is 33.8 Å². The van der Waals surface area contributed by atoms with Gasteiger partial charge in [0.2, 0.25) is 5.91 Å². The number of nitrogens with one attached hydrogen (secondary N) is 2. The number of aromatic nitrogens is 3. The molecule has 3 heterocycles. The smallest absolute Gasteiger partial charge is 0.220 e. The Bertz CT molecular complexity index is 873. The van der Waals surface area contributed by atoms with Crippen LogP contribution >= 0.6 is 0 Å². The molecule has 2 aromatic rings. The largest absolute Gasteiger partial charge is 0.381 e. The number of aryl methyl sites for hydroxylation is 2. The first-order valence-corrected chi connectivity index (χ1v) is 11.0. The SMILES string of the molecule is CCc1nc2c(cnn2CC)c(NC2CCOCC2)c1CNC(=O)CC(C)CC=O. The number of amides is 1. The number of hydrogen-bond donors (Lipinski definition) is 2. The number of hydrogen-bond acceptors (Lipinski definition) is 6. The maximum absolute atomic E-state index is 12.4. The minimum Gasteiger partial charge on any atom is -0.381 e. The van der Waals surface area contributed by atoms with E-state index in [9.17, 15) is 9.59 Å². The molecule has 8 nitrogen and oxygen atoms in total. The molecule has 8 heteroatoms. The van der Waals surface area contributed by atoms with Gasteiger partial charge in [-0.25, -0.2) is 9.67 Å². The summed E-state index contributed by atoms with van der Waals surface area (Å²) >= 11 is 0. The van der Waals surface area contributed by atoms with Gasteiger partial charge in [-0.15, -0.1) is 0 Å². The van der Waals surface area contributed by atoms with Gasteiger partial charge in [0.1, 0.15) is 6.29 Å². The van der Waals surface area contributed by atoms with Crippen molar-refractivity contribution in [2.75, 3.05) is 18.5 Å². The Balaban J connectivity index is 1.90. The highest BCUT2D eigenvalue weighted by molar-refractivity contribution is 5.92. The zero-order valence-corrected chi connectivity index (χ0v) is 18.2. The van der Waals surface area contributed by atoms with Crippen LogP contribution in [0.15, 0.2) is 6.20 Å². The molecule has 2 aromatic heterocycles. The van der Waals surface area contributed by atoms with Crippen LogP contribution < -0.4 is 10.6 Å². The van der Waals surface area contributed by atoms with Crippen LogP contribution in [0.3, 0.4) is 0 Å². The van der Waals surface area contributed by atoms with Gasteiger partial charge in [0.05, 0.1) is 17.3 Å². The van der Waals surface area contributed by atoms with Crippen molar-refractivity contribution < 1.29 is 14.3 Å². The second-order valence-electron chi connectivity index (χ2n) is 7.98. The van der Waals surface area contributed by atoms with Crippen LogP contribution in [-0.4, -0.2) is 46.2 Å². The number of ether oxygens (including phenoxy) is 1. The van der Waals surface area contributed by atoms with Gasteiger partial charge in [-0.2, -0.15) is 5.10 Å². The predicted molar refractivity (Wildman–Crippen MR) is 116 cm³/mol. The van der Waals surface area contributed by atoms with E-state index in [0.29, 0.717) is 25.4 Å². The summed E-state index contributed by atoms with van der Waals surface area (Å²) in [7, 11) is 0. The van der Waals surface area contributed by atoms with Gasteiger partial charge in [-0.3, -0.25) is 4.79 Å². The number of carbonyl (C=O) groups is 2. The summed E-state index contributed by atoms with van der Waals surface area (Å²) in [6.07, 6.45) is 6.13. The Labute approximate surface area is 177 Å².